The Morgan fingerprint density at radius 3 is 3.15 bits per heavy atom. The van der Waals surface area contributed by atoms with Gasteiger partial charge in [-0.05, 0) is 44.0 Å². The van der Waals surface area contributed by atoms with E-state index < -0.39 is 0 Å². The third-order valence-electron chi connectivity index (χ3n) is 4.59. The quantitative estimate of drug-likeness (QED) is 0.911. The number of aromatic nitrogens is 2. The summed E-state index contributed by atoms with van der Waals surface area (Å²) in [5.74, 6) is 3.26. The molecule has 2 aliphatic rings. The molecule has 2 aromatic heterocycles. The van der Waals surface area contributed by atoms with Gasteiger partial charge in [-0.15, -0.1) is 10.2 Å². The summed E-state index contributed by atoms with van der Waals surface area (Å²) >= 11 is 0. The summed E-state index contributed by atoms with van der Waals surface area (Å²) in [5, 5.41) is 11.6. The van der Waals surface area contributed by atoms with Crippen molar-refractivity contribution in [3.63, 3.8) is 0 Å². The predicted octanol–water partition coefficient (Wildman–Crippen LogP) is 1.37. The van der Waals surface area contributed by atoms with Crippen LogP contribution < -0.4 is 5.32 Å². The van der Waals surface area contributed by atoms with Crippen LogP contribution in [-0.2, 0) is 6.54 Å². The second kappa shape index (κ2) is 4.71. The van der Waals surface area contributed by atoms with E-state index >= 15 is 0 Å². The number of hydrogen-bond donors (Lipinski definition) is 1. The van der Waals surface area contributed by atoms with Gasteiger partial charge in [-0.1, -0.05) is 0 Å². The van der Waals surface area contributed by atoms with Crippen molar-refractivity contribution in [3.8, 4) is 11.7 Å². The van der Waals surface area contributed by atoms with E-state index in [9.17, 15) is 0 Å². The fourth-order valence-corrected chi connectivity index (χ4v) is 3.46. The van der Waals surface area contributed by atoms with Crippen LogP contribution in [0.3, 0.4) is 0 Å². The van der Waals surface area contributed by atoms with Gasteiger partial charge in [0.05, 0.1) is 12.8 Å². The Bertz CT molecular complexity index is 580. The van der Waals surface area contributed by atoms with E-state index in [-0.39, 0.29) is 0 Å². The average molecular weight is 274 g/mol. The number of furan rings is 1. The Balaban J connectivity index is 1.47. The summed E-state index contributed by atoms with van der Waals surface area (Å²) < 4.78 is 11.0. The van der Waals surface area contributed by atoms with Crippen LogP contribution in [0.1, 0.15) is 12.8 Å². The van der Waals surface area contributed by atoms with Crippen molar-refractivity contribution in [1.82, 2.24) is 20.4 Å². The fraction of sp³-hybridized carbons (Fsp3) is 0.571. The molecule has 2 saturated heterocycles. The van der Waals surface area contributed by atoms with Crippen LogP contribution in [0.4, 0.5) is 0 Å². The first kappa shape index (κ1) is 12.1. The minimum atomic E-state index is 0.457. The first-order valence-electron chi connectivity index (χ1n) is 7.12. The van der Waals surface area contributed by atoms with Gasteiger partial charge in [0.15, 0.2) is 5.76 Å². The normalized spacial score (nSPS) is 29.9. The van der Waals surface area contributed by atoms with E-state index in [0.717, 1.165) is 38.0 Å². The number of nitrogens with zero attached hydrogens (tertiary/aromatic N) is 3. The highest BCUT2D eigenvalue weighted by Crippen LogP contribution is 2.33. The Labute approximate surface area is 117 Å². The molecule has 3 unspecified atom stereocenters. The number of fused-ring (bicyclic) bond motifs is 1. The van der Waals surface area contributed by atoms with Gasteiger partial charge in [0.2, 0.25) is 5.89 Å². The lowest BCUT2D eigenvalue weighted by molar-refractivity contribution is 0.210. The number of nitrogens with one attached hydrogen (secondary N) is 1. The standard InChI is InChI=1S/C14H18N4O2/c1-9-11-6-15-5-10(11)7-18(9)8-13-16-17-14(20-13)12-3-2-4-19-12/h2-4,9-11,15H,5-8H2,1H3. The van der Waals surface area contributed by atoms with E-state index in [2.05, 4.69) is 27.3 Å². The maximum Gasteiger partial charge on any atom is 0.283 e. The summed E-state index contributed by atoms with van der Waals surface area (Å²) in [6.07, 6.45) is 1.61. The zero-order chi connectivity index (χ0) is 13.5. The molecule has 0 spiro atoms. The van der Waals surface area contributed by atoms with Crippen LogP contribution in [0.25, 0.3) is 11.7 Å². The smallest absolute Gasteiger partial charge is 0.283 e. The van der Waals surface area contributed by atoms with Crippen molar-refractivity contribution in [2.75, 3.05) is 19.6 Å². The zero-order valence-electron chi connectivity index (χ0n) is 11.5. The summed E-state index contributed by atoms with van der Waals surface area (Å²) in [6.45, 7) is 6.39. The van der Waals surface area contributed by atoms with Crippen molar-refractivity contribution < 1.29 is 8.83 Å². The van der Waals surface area contributed by atoms with E-state index in [4.69, 9.17) is 8.83 Å². The SMILES string of the molecule is CC1C2CNCC2CN1Cc1nnc(-c2ccco2)o1. The lowest BCUT2D eigenvalue weighted by Gasteiger charge is -2.22. The predicted molar refractivity (Wildman–Crippen MR) is 71.7 cm³/mol. The molecule has 106 valence electrons. The lowest BCUT2D eigenvalue weighted by Crippen LogP contribution is -2.32. The zero-order valence-corrected chi connectivity index (χ0v) is 11.5. The van der Waals surface area contributed by atoms with Crippen molar-refractivity contribution in [2.45, 2.75) is 19.5 Å². The summed E-state index contributed by atoms with van der Waals surface area (Å²) in [4.78, 5) is 2.44. The Morgan fingerprint density at radius 2 is 2.35 bits per heavy atom. The van der Waals surface area contributed by atoms with Crippen molar-refractivity contribution in [3.05, 3.63) is 24.3 Å². The van der Waals surface area contributed by atoms with Crippen LogP contribution in [-0.4, -0.2) is 40.8 Å². The van der Waals surface area contributed by atoms with Crippen molar-refractivity contribution in [1.29, 1.82) is 0 Å². The molecule has 1 N–H and O–H groups in total. The molecule has 4 heterocycles. The highest BCUT2D eigenvalue weighted by Gasteiger charge is 2.42. The molecular weight excluding hydrogens is 256 g/mol. The third kappa shape index (κ3) is 1.96. The van der Waals surface area contributed by atoms with E-state index in [0.29, 0.717) is 23.6 Å². The van der Waals surface area contributed by atoms with E-state index in [1.165, 1.54) is 0 Å². The lowest BCUT2D eigenvalue weighted by atomic mass is 9.95. The van der Waals surface area contributed by atoms with Crippen LogP contribution in [0.5, 0.6) is 0 Å². The highest BCUT2D eigenvalue weighted by atomic mass is 16.4. The molecule has 0 bridgehead atoms. The molecule has 2 aliphatic heterocycles. The van der Waals surface area contributed by atoms with Gasteiger partial charge in [-0.2, -0.15) is 0 Å². The maximum atomic E-state index is 5.69. The van der Waals surface area contributed by atoms with Gasteiger partial charge >= 0.3 is 0 Å². The molecule has 2 aromatic rings. The summed E-state index contributed by atoms with van der Waals surface area (Å²) in [6, 6.07) is 4.20. The van der Waals surface area contributed by atoms with Crippen molar-refractivity contribution >= 4 is 0 Å². The molecule has 0 aromatic carbocycles. The fourth-order valence-electron chi connectivity index (χ4n) is 3.46. The molecule has 0 aliphatic carbocycles. The molecule has 0 amide bonds. The highest BCUT2D eigenvalue weighted by molar-refractivity contribution is 5.42. The van der Waals surface area contributed by atoms with Crippen LogP contribution in [0.2, 0.25) is 0 Å². The average Bonchev–Trinajstić information content (AvgIpc) is 3.19. The van der Waals surface area contributed by atoms with E-state index in [1.807, 2.05) is 12.1 Å². The number of hydrogen-bond acceptors (Lipinski definition) is 6. The molecule has 6 heteroatoms. The van der Waals surface area contributed by atoms with Crippen LogP contribution in [0, 0.1) is 11.8 Å². The minimum Gasteiger partial charge on any atom is -0.459 e. The Kier molecular flexibility index (Phi) is 2.85. The summed E-state index contributed by atoms with van der Waals surface area (Å²) in [7, 11) is 0. The van der Waals surface area contributed by atoms with Gasteiger partial charge in [0.25, 0.3) is 5.89 Å². The second-order valence-electron chi connectivity index (χ2n) is 5.73. The Morgan fingerprint density at radius 1 is 1.40 bits per heavy atom. The minimum absolute atomic E-state index is 0.457. The van der Waals surface area contributed by atoms with Crippen LogP contribution in [0.15, 0.2) is 27.2 Å². The topological polar surface area (TPSA) is 67.3 Å². The van der Waals surface area contributed by atoms with Gasteiger partial charge in [-0.3, -0.25) is 4.90 Å². The van der Waals surface area contributed by atoms with E-state index in [1.54, 1.807) is 6.26 Å². The first-order chi connectivity index (χ1) is 9.81. The number of rotatable bonds is 3. The molecule has 20 heavy (non-hydrogen) atoms. The van der Waals surface area contributed by atoms with Gasteiger partial charge in [0.1, 0.15) is 0 Å². The Hall–Kier alpha value is -1.66. The molecule has 6 nitrogen and oxygen atoms in total. The first-order valence-corrected chi connectivity index (χ1v) is 7.12. The second-order valence-corrected chi connectivity index (χ2v) is 5.73. The molecule has 4 rings (SSSR count). The monoisotopic (exact) mass is 274 g/mol. The van der Waals surface area contributed by atoms with Gasteiger partial charge in [-0.25, -0.2) is 0 Å². The third-order valence-corrected chi connectivity index (χ3v) is 4.59. The molecule has 3 atom stereocenters. The molecule has 2 fully saturated rings. The number of likely N-dealkylation sites (tertiary alicyclic amines) is 1. The largest absolute Gasteiger partial charge is 0.459 e. The summed E-state index contributed by atoms with van der Waals surface area (Å²) in [5.41, 5.74) is 0. The molecular formula is C14H18N4O2. The maximum absolute atomic E-state index is 5.69. The molecule has 0 radical (unpaired) electrons. The van der Waals surface area contributed by atoms with Gasteiger partial charge < -0.3 is 14.2 Å². The molecule has 0 saturated carbocycles. The van der Waals surface area contributed by atoms with Crippen molar-refractivity contribution in [2.24, 2.45) is 11.8 Å². The van der Waals surface area contributed by atoms with Crippen LogP contribution >= 0.6 is 0 Å². The van der Waals surface area contributed by atoms with Gasteiger partial charge in [0, 0.05) is 12.6 Å².